The van der Waals surface area contributed by atoms with E-state index in [1.165, 1.54) is 53.3 Å². The van der Waals surface area contributed by atoms with E-state index < -0.39 is 34.1 Å². The van der Waals surface area contributed by atoms with Gasteiger partial charge in [-0.1, -0.05) is 29.8 Å². The molecule has 0 unspecified atom stereocenters. The third kappa shape index (κ3) is 4.70. The lowest BCUT2D eigenvalue weighted by molar-refractivity contribution is -0.153. The van der Waals surface area contributed by atoms with Crippen molar-refractivity contribution in [3.63, 3.8) is 0 Å². The van der Waals surface area contributed by atoms with Crippen LogP contribution in [-0.2, 0) is 10.0 Å². The number of nitrogens with one attached hydrogen (secondary N) is 1. The van der Waals surface area contributed by atoms with Gasteiger partial charge in [-0.2, -0.15) is 13.2 Å². The van der Waals surface area contributed by atoms with Gasteiger partial charge >= 0.3 is 6.18 Å². The summed E-state index contributed by atoms with van der Waals surface area (Å²) in [4.78, 5) is 16.3. The van der Waals surface area contributed by atoms with Crippen LogP contribution in [0.5, 0.6) is 5.88 Å². The number of carbonyl (C=O) groups is 1. The maximum atomic E-state index is 12.6. The zero-order valence-corrected chi connectivity index (χ0v) is 17.5. The smallest absolute Gasteiger partial charge is 0.395 e. The summed E-state index contributed by atoms with van der Waals surface area (Å²) < 4.78 is 70.8. The highest BCUT2D eigenvalue weighted by molar-refractivity contribution is 7.90. The molecule has 0 saturated heterocycles. The van der Waals surface area contributed by atoms with Gasteiger partial charge in [0, 0.05) is 12.3 Å². The molecule has 8 nitrogen and oxygen atoms in total. The predicted molar refractivity (Wildman–Crippen MR) is 106 cm³/mol. The van der Waals surface area contributed by atoms with Gasteiger partial charge in [-0.25, -0.2) is 22.8 Å². The molecule has 1 N–H and O–H groups in total. The van der Waals surface area contributed by atoms with Gasteiger partial charge in [-0.05, 0) is 30.7 Å². The average Bonchev–Trinajstić information content (AvgIpc) is 3.36. The second-order valence-corrected chi connectivity index (χ2v) is 8.93. The number of hydrogen-bond acceptors (Lipinski definition) is 6. The Bertz CT molecular complexity index is 1270. The fourth-order valence-corrected chi connectivity index (χ4v) is 4.08. The summed E-state index contributed by atoms with van der Waals surface area (Å²) in [5.74, 6) is -2.36. The first-order chi connectivity index (χ1) is 15.0. The van der Waals surface area contributed by atoms with Crippen LogP contribution in [0, 0.1) is 5.92 Å². The molecule has 0 aliphatic heterocycles. The molecule has 32 heavy (non-hydrogen) atoms. The van der Waals surface area contributed by atoms with Gasteiger partial charge in [0.1, 0.15) is 11.3 Å². The zero-order chi connectivity index (χ0) is 23.1. The number of aromatic nitrogens is 3. The van der Waals surface area contributed by atoms with E-state index in [-0.39, 0.29) is 33.7 Å². The van der Waals surface area contributed by atoms with Crippen molar-refractivity contribution in [2.75, 3.05) is 0 Å². The molecule has 0 radical (unpaired) electrons. The average molecular weight is 487 g/mol. The van der Waals surface area contributed by atoms with Gasteiger partial charge in [0.2, 0.25) is 5.88 Å². The van der Waals surface area contributed by atoms with E-state index in [1.54, 1.807) is 6.07 Å². The number of hydrogen-bond donors (Lipinski definition) is 1. The second-order valence-electron chi connectivity index (χ2n) is 6.89. The fourth-order valence-electron chi connectivity index (χ4n) is 2.86. The number of alkyl halides is 3. The standard InChI is InChI=1S/C19H14ClF3N4O4S/c20-17-12(18(28)26-32(29,30)11-4-2-1-3-5-11)6-7-15(24-17)27-9-8-16(25-27)31-14-10-13(14)19(21,22)23/h1-9,13-14H,10H2,(H,26,28)/t13-,14+/m1/s1. The molecule has 2 heterocycles. The predicted octanol–water partition coefficient (Wildman–Crippen LogP) is 3.37. The van der Waals surface area contributed by atoms with Crippen molar-refractivity contribution in [1.82, 2.24) is 19.5 Å². The first-order valence-corrected chi connectivity index (χ1v) is 11.0. The van der Waals surface area contributed by atoms with Crippen molar-refractivity contribution in [3.05, 3.63) is 65.4 Å². The number of sulfonamides is 1. The Morgan fingerprint density at radius 2 is 1.88 bits per heavy atom. The molecule has 0 bridgehead atoms. The summed E-state index contributed by atoms with van der Waals surface area (Å²) in [6.45, 7) is 0. The fraction of sp³-hybridized carbons (Fsp3) is 0.211. The molecule has 4 rings (SSSR count). The molecule has 168 valence electrons. The molecule has 1 saturated carbocycles. The topological polar surface area (TPSA) is 103 Å². The van der Waals surface area contributed by atoms with E-state index in [0.29, 0.717) is 0 Å². The van der Waals surface area contributed by atoms with Crippen molar-refractivity contribution in [3.8, 4) is 11.7 Å². The maximum absolute atomic E-state index is 12.6. The Labute approximate surface area is 185 Å². The number of halogens is 4. The second kappa shape index (κ2) is 8.10. The van der Waals surface area contributed by atoms with E-state index in [9.17, 15) is 26.4 Å². The van der Waals surface area contributed by atoms with Crippen LogP contribution in [0.3, 0.4) is 0 Å². The molecule has 13 heteroatoms. The Kier molecular flexibility index (Phi) is 5.59. The lowest BCUT2D eigenvalue weighted by Crippen LogP contribution is -2.31. The molecule has 0 spiro atoms. The number of nitrogens with zero attached hydrogens (tertiary/aromatic N) is 3. The summed E-state index contributed by atoms with van der Waals surface area (Å²) >= 11 is 6.06. The van der Waals surface area contributed by atoms with Gasteiger partial charge in [0.25, 0.3) is 15.9 Å². The number of pyridine rings is 1. The summed E-state index contributed by atoms with van der Waals surface area (Å²) in [5.41, 5.74) is -0.190. The lowest BCUT2D eigenvalue weighted by Gasteiger charge is -2.09. The molecule has 1 aliphatic rings. The Morgan fingerprint density at radius 3 is 2.50 bits per heavy atom. The first kappa shape index (κ1) is 22.1. The van der Waals surface area contributed by atoms with Crippen LogP contribution in [0.1, 0.15) is 16.8 Å². The third-order valence-electron chi connectivity index (χ3n) is 4.58. The SMILES string of the molecule is O=C(NS(=O)(=O)c1ccccc1)c1ccc(-n2ccc(O[C@H]3C[C@H]3C(F)(F)F)n2)nc1Cl. The van der Waals surface area contributed by atoms with E-state index in [1.807, 2.05) is 4.72 Å². The van der Waals surface area contributed by atoms with Crippen LogP contribution < -0.4 is 9.46 Å². The van der Waals surface area contributed by atoms with Crippen molar-refractivity contribution < 1.29 is 31.1 Å². The zero-order valence-electron chi connectivity index (χ0n) is 16.0. The molecular formula is C19H14ClF3N4O4S. The maximum Gasteiger partial charge on any atom is 0.395 e. The highest BCUT2D eigenvalue weighted by Crippen LogP contribution is 2.46. The Morgan fingerprint density at radius 1 is 1.16 bits per heavy atom. The Balaban J connectivity index is 1.46. The highest BCUT2D eigenvalue weighted by Gasteiger charge is 2.58. The van der Waals surface area contributed by atoms with E-state index >= 15 is 0 Å². The van der Waals surface area contributed by atoms with Crippen LogP contribution in [0.25, 0.3) is 5.82 Å². The van der Waals surface area contributed by atoms with Crippen molar-refractivity contribution in [2.24, 2.45) is 5.92 Å². The van der Waals surface area contributed by atoms with E-state index in [2.05, 4.69) is 10.1 Å². The van der Waals surface area contributed by atoms with E-state index in [4.69, 9.17) is 16.3 Å². The van der Waals surface area contributed by atoms with Crippen molar-refractivity contribution >= 4 is 27.5 Å². The van der Waals surface area contributed by atoms with Gasteiger partial charge in [-0.3, -0.25) is 4.79 Å². The Hall–Kier alpha value is -3.12. The summed E-state index contributed by atoms with van der Waals surface area (Å²) in [6.07, 6.45) is -4.02. The molecular weight excluding hydrogens is 473 g/mol. The number of rotatable bonds is 6. The quantitative estimate of drug-likeness (QED) is 0.536. The molecule has 1 amide bonds. The molecule has 2 atom stereocenters. The molecule has 3 aromatic rings. The number of benzene rings is 1. The van der Waals surface area contributed by atoms with Crippen LogP contribution in [0.2, 0.25) is 5.15 Å². The van der Waals surface area contributed by atoms with Crippen LogP contribution >= 0.6 is 11.6 Å². The van der Waals surface area contributed by atoms with Crippen molar-refractivity contribution in [2.45, 2.75) is 23.6 Å². The molecule has 1 aliphatic carbocycles. The minimum atomic E-state index is -4.31. The van der Waals surface area contributed by atoms with Crippen LogP contribution in [0.15, 0.2) is 59.6 Å². The number of carbonyl (C=O) groups excluding carboxylic acids is 1. The molecule has 2 aromatic heterocycles. The summed E-state index contributed by atoms with van der Waals surface area (Å²) in [6, 6.07) is 11.3. The largest absolute Gasteiger partial charge is 0.473 e. The van der Waals surface area contributed by atoms with Gasteiger partial charge in [0.15, 0.2) is 5.82 Å². The monoisotopic (exact) mass is 486 g/mol. The highest BCUT2D eigenvalue weighted by atomic mass is 35.5. The molecule has 1 aromatic carbocycles. The van der Waals surface area contributed by atoms with Gasteiger partial charge in [0.05, 0.1) is 16.4 Å². The third-order valence-corrected chi connectivity index (χ3v) is 6.22. The van der Waals surface area contributed by atoms with Crippen LogP contribution in [0.4, 0.5) is 13.2 Å². The number of ether oxygens (including phenoxy) is 1. The van der Waals surface area contributed by atoms with Gasteiger partial charge < -0.3 is 4.74 Å². The first-order valence-electron chi connectivity index (χ1n) is 9.13. The minimum Gasteiger partial charge on any atom is -0.473 e. The summed E-state index contributed by atoms with van der Waals surface area (Å²) in [5, 5.41) is 3.71. The van der Waals surface area contributed by atoms with Crippen LogP contribution in [-0.4, -0.2) is 41.4 Å². The molecule has 1 fully saturated rings. The summed E-state index contributed by atoms with van der Waals surface area (Å²) in [7, 11) is -4.10. The van der Waals surface area contributed by atoms with Gasteiger partial charge in [-0.15, -0.1) is 5.10 Å². The minimum absolute atomic E-state index is 0.0181. The normalized spacial score (nSPS) is 18.2. The number of amides is 1. The van der Waals surface area contributed by atoms with Crippen molar-refractivity contribution in [1.29, 1.82) is 0 Å². The van der Waals surface area contributed by atoms with E-state index in [0.717, 1.165) is 0 Å². The lowest BCUT2D eigenvalue weighted by atomic mass is 10.3.